The van der Waals surface area contributed by atoms with Crippen LogP contribution in [0.5, 0.6) is 0 Å². The lowest BCUT2D eigenvalue weighted by Crippen LogP contribution is -1.91. The van der Waals surface area contributed by atoms with E-state index in [9.17, 15) is 4.79 Å². The van der Waals surface area contributed by atoms with E-state index in [1.807, 2.05) is 66.0 Å². The maximum atomic E-state index is 10.6. The van der Waals surface area contributed by atoms with E-state index >= 15 is 0 Å². The Morgan fingerprint density at radius 3 is 2.60 bits per heavy atom. The van der Waals surface area contributed by atoms with Crippen LogP contribution in [0.3, 0.4) is 0 Å². The Labute approximate surface area is 117 Å². The Balaban J connectivity index is 2.33. The molecule has 98 valence electrons. The Bertz CT molecular complexity index is 785. The van der Waals surface area contributed by atoms with Crippen LogP contribution >= 0.6 is 0 Å². The molecule has 3 heteroatoms. The molecule has 0 N–H and O–H groups in total. The van der Waals surface area contributed by atoms with Gasteiger partial charge < -0.3 is 0 Å². The van der Waals surface area contributed by atoms with Gasteiger partial charge in [-0.25, -0.2) is 4.52 Å². The molecular weight excluding hydrogens is 248 g/mol. The number of nitrogens with zero attached hydrogens (tertiary/aromatic N) is 2. The Morgan fingerprint density at radius 1 is 1.05 bits per heavy atom. The highest BCUT2D eigenvalue weighted by Gasteiger charge is 2.12. The van der Waals surface area contributed by atoms with Crippen molar-refractivity contribution in [1.82, 2.24) is 9.61 Å². The maximum Gasteiger partial charge on any atom is 0.142 e. The first kappa shape index (κ1) is 12.4. The van der Waals surface area contributed by atoms with E-state index in [0.29, 0.717) is 0 Å². The van der Waals surface area contributed by atoms with Gasteiger partial charge in [-0.2, -0.15) is 5.10 Å². The summed E-state index contributed by atoms with van der Waals surface area (Å²) >= 11 is 0. The minimum atomic E-state index is 0.786. The van der Waals surface area contributed by atoms with E-state index in [1.54, 1.807) is 0 Å². The number of aryl methyl sites for hydroxylation is 1. The molecule has 0 unspecified atom stereocenters. The number of aromatic nitrogens is 2. The van der Waals surface area contributed by atoms with Crippen LogP contribution < -0.4 is 0 Å². The largest absolute Gasteiger partial charge is 0.299 e. The molecule has 0 bridgehead atoms. The Morgan fingerprint density at radius 2 is 1.85 bits per heavy atom. The first-order chi connectivity index (χ1) is 9.81. The number of carbonyl (C=O) groups is 1. The van der Waals surface area contributed by atoms with Crippen molar-refractivity contribution in [3.05, 3.63) is 65.9 Å². The van der Waals surface area contributed by atoms with E-state index in [-0.39, 0.29) is 0 Å². The molecule has 0 aliphatic rings. The summed E-state index contributed by atoms with van der Waals surface area (Å²) in [5.41, 5.74) is 4.96. The number of fused-ring (bicyclic) bond motifs is 1. The number of carbonyl (C=O) groups excluding carboxylic acids is 1. The van der Waals surface area contributed by atoms with Gasteiger partial charge in [0.05, 0.1) is 5.52 Å². The van der Waals surface area contributed by atoms with E-state index in [0.717, 1.165) is 34.3 Å². The van der Waals surface area contributed by atoms with E-state index < -0.39 is 0 Å². The third kappa shape index (κ3) is 2.03. The highest BCUT2D eigenvalue weighted by atomic mass is 16.1. The third-order valence-electron chi connectivity index (χ3n) is 3.27. The molecule has 0 atom stereocenters. The average Bonchev–Trinajstić information content (AvgIpc) is 2.86. The fourth-order valence-corrected chi connectivity index (χ4v) is 2.33. The lowest BCUT2D eigenvalue weighted by atomic mass is 10.1. The SMILES string of the molecule is Cc1cccc2c(C=CC=O)c(-c3ccccc3)nn12. The van der Waals surface area contributed by atoms with Gasteiger partial charge >= 0.3 is 0 Å². The highest BCUT2D eigenvalue weighted by molar-refractivity contribution is 5.86. The summed E-state index contributed by atoms with van der Waals surface area (Å²) in [5.74, 6) is 0. The molecule has 0 aliphatic carbocycles. The quantitative estimate of drug-likeness (QED) is 0.534. The Hall–Kier alpha value is -2.68. The van der Waals surface area contributed by atoms with Gasteiger partial charge in [-0.1, -0.05) is 36.4 Å². The third-order valence-corrected chi connectivity index (χ3v) is 3.27. The fourth-order valence-electron chi connectivity index (χ4n) is 2.33. The van der Waals surface area contributed by atoms with Crippen molar-refractivity contribution in [2.75, 3.05) is 0 Å². The van der Waals surface area contributed by atoms with Gasteiger partial charge in [0.15, 0.2) is 0 Å². The topological polar surface area (TPSA) is 34.4 Å². The average molecular weight is 262 g/mol. The summed E-state index contributed by atoms with van der Waals surface area (Å²) in [6, 6.07) is 16.0. The molecule has 2 aromatic heterocycles. The number of rotatable bonds is 3. The lowest BCUT2D eigenvalue weighted by molar-refractivity contribution is -0.104. The van der Waals surface area contributed by atoms with Crippen LogP contribution in [-0.2, 0) is 4.79 Å². The van der Waals surface area contributed by atoms with Gasteiger partial charge in [0.1, 0.15) is 12.0 Å². The van der Waals surface area contributed by atoms with E-state index in [4.69, 9.17) is 0 Å². The Kier molecular flexibility index (Phi) is 3.17. The monoisotopic (exact) mass is 262 g/mol. The van der Waals surface area contributed by atoms with Crippen LogP contribution in [0, 0.1) is 6.92 Å². The predicted octanol–water partition coefficient (Wildman–Crippen LogP) is 3.52. The first-order valence-electron chi connectivity index (χ1n) is 6.47. The lowest BCUT2D eigenvalue weighted by Gasteiger charge is -1.97. The van der Waals surface area contributed by atoms with Crippen molar-refractivity contribution >= 4 is 17.9 Å². The van der Waals surface area contributed by atoms with Gasteiger partial charge in [-0.05, 0) is 31.2 Å². The zero-order valence-electron chi connectivity index (χ0n) is 11.2. The number of allylic oxidation sites excluding steroid dienone is 1. The molecule has 0 spiro atoms. The van der Waals surface area contributed by atoms with Gasteiger partial charge in [-0.15, -0.1) is 0 Å². The van der Waals surface area contributed by atoms with E-state index in [2.05, 4.69) is 5.10 Å². The number of aldehydes is 1. The van der Waals surface area contributed by atoms with Gasteiger partial charge in [0, 0.05) is 16.8 Å². The highest BCUT2D eigenvalue weighted by Crippen LogP contribution is 2.27. The normalized spacial score (nSPS) is 11.2. The summed E-state index contributed by atoms with van der Waals surface area (Å²) in [6.07, 6.45) is 4.11. The van der Waals surface area contributed by atoms with Crippen LogP contribution in [0.4, 0.5) is 0 Å². The molecule has 0 fully saturated rings. The van der Waals surface area contributed by atoms with Crippen LogP contribution in [0.15, 0.2) is 54.6 Å². The molecule has 3 rings (SSSR count). The second-order valence-electron chi connectivity index (χ2n) is 4.59. The minimum absolute atomic E-state index is 0.786. The van der Waals surface area contributed by atoms with E-state index in [1.165, 1.54) is 6.08 Å². The van der Waals surface area contributed by atoms with Gasteiger partial charge in [0.25, 0.3) is 0 Å². The number of pyridine rings is 1. The second-order valence-corrected chi connectivity index (χ2v) is 4.59. The first-order valence-corrected chi connectivity index (χ1v) is 6.47. The molecule has 2 heterocycles. The molecule has 3 nitrogen and oxygen atoms in total. The number of hydrogen-bond acceptors (Lipinski definition) is 2. The molecule has 3 aromatic rings. The molecular formula is C17H14N2O. The zero-order chi connectivity index (χ0) is 13.9. The van der Waals surface area contributed by atoms with Crippen LogP contribution in [-0.4, -0.2) is 15.9 Å². The minimum Gasteiger partial charge on any atom is -0.299 e. The fraction of sp³-hybridized carbons (Fsp3) is 0.0588. The molecule has 20 heavy (non-hydrogen) atoms. The zero-order valence-corrected chi connectivity index (χ0v) is 11.2. The van der Waals surface area contributed by atoms with Crippen molar-refractivity contribution in [2.45, 2.75) is 6.92 Å². The van der Waals surface area contributed by atoms with Crippen molar-refractivity contribution < 1.29 is 4.79 Å². The maximum absolute atomic E-state index is 10.6. The predicted molar refractivity (Wildman–Crippen MR) is 80.5 cm³/mol. The van der Waals surface area contributed by atoms with Gasteiger partial charge in [0.2, 0.25) is 0 Å². The molecule has 0 saturated heterocycles. The number of benzene rings is 1. The standard InChI is InChI=1S/C17H14N2O/c1-13-7-5-11-16-15(10-6-12-20)17(18-19(13)16)14-8-3-2-4-9-14/h2-12H,1H3. The molecule has 0 amide bonds. The molecule has 0 saturated carbocycles. The molecule has 0 radical (unpaired) electrons. The van der Waals surface area contributed by atoms with Gasteiger partial charge in [-0.3, -0.25) is 4.79 Å². The smallest absolute Gasteiger partial charge is 0.142 e. The molecule has 0 aliphatic heterocycles. The van der Waals surface area contributed by atoms with Crippen molar-refractivity contribution in [3.8, 4) is 11.3 Å². The summed E-state index contributed by atoms with van der Waals surface area (Å²) < 4.78 is 1.91. The van der Waals surface area contributed by atoms with Crippen LogP contribution in [0.1, 0.15) is 11.3 Å². The summed E-state index contributed by atoms with van der Waals surface area (Å²) in [4.78, 5) is 10.6. The van der Waals surface area contributed by atoms with Crippen LogP contribution in [0.25, 0.3) is 22.9 Å². The number of hydrogen-bond donors (Lipinski definition) is 0. The summed E-state index contributed by atoms with van der Waals surface area (Å²) in [7, 11) is 0. The summed E-state index contributed by atoms with van der Waals surface area (Å²) in [5, 5.41) is 4.68. The van der Waals surface area contributed by atoms with Crippen LogP contribution in [0.2, 0.25) is 0 Å². The molecule has 1 aromatic carbocycles. The van der Waals surface area contributed by atoms with Crippen molar-refractivity contribution in [1.29, 1.82) is 0 Å². The second kappa shape index (κ2) is 5.13. The van der Waals surface area contributed by atoms with Crippen molar-refractivity contribution in [2.24, 2.45) is 0 Å². The summed E-state index contributed by atoms with van der Waals surface area (Å²) in [6.45, 7) is 2.02. The van der Waals surface area contributed by atoms with Crippen molar-refractivity contribution in [3.63, 3.8) is 0 Å².